The minimum atomic E-state index is -1.06. The summed E-state index contributed by atoms with van der Waals surface area (Å²) in [6.07, 6.45) is 0.483. The van der Waals surface area contributed by atoms with Crippen molar-refractivity contribution in [2.45, 2.75) is 38.4 Å². The summed E-state index contributed by atoms with van der Waals surface area (Å²) < 4.78 is 5.01. The van der Waals surface area contributed by atoms with Crippen LogP contribution in [0.25, 0.3) is 0 Å². The second kappa shape index (κ2) is 7.57. The smallest absolute Gasteiger partial charge is 0.323 e. The molecule has 0 spiro atoms. The Morgan fingerprint density at radius 3 is 2.50 bits per heavy atom. The highest BCUT2D eigenvalue weighted by Crippen LogP contribution is 2.37. The van der Waals surface area contributed by atoms with Crippen LogP contribution in [0.2, 0.25) is 0 Å². The number of carbonyl (C=O) groups excluding carboxylic acids is 3. The number of esters is 1. The van der Waals surface area contributed by atoms with Gasteiger partial charge in [0.1, 0.15) is 11.6 Å². The zero-order valence-corrected chi connectivity index (χ0v) is 17.3. The van der Waals surface area contributed by atoms with Gasteiger partial charge in [-0.05, 0) is 43.5 Å². The summed E-state index contributed by atoms with van der Waals surface area (Å²) in [5.74, 6) is -0.855. The summed E-state index contributed by atoms with van der Waals surface area (Å²) >= 11 is 0. The number of benzene rings is 2. The van der Waals surface area contributed by atoms with Gasteiger partial charge in [-0.1, -0.05) is 36.4 Å². The van der Waals surface area contributed by atoms with E-state index in [1.165, 1.54) is 12.0 Å². The number of hydrogen-bond donors (Lipinski definition) is 1. The van der Waals surface area contributed by atoms with Crippen molar-refractivity contribution < 1.29 is 19.1 Å². The largest absolute Gasteiger partial charge is 0.468 e. The van der Waals surface area contributed by atoms with Gasteiger partial charge < -0.3 is 10.1 Å². The Labute approximate surface area is 175 Å². The van der Waals surface area contributed by atoms with Gasteiger partial charge in [-0.15, -0.1) is 0 Å². The summed E-state index contributed by atoms with van der Waals surface area (Å²) in [7, 11) is 1.36. The summed E-state index contributed by atoms with van der Waals surface area (Å²) in [6, 6.07) is 14.6. The second-order valence-corrected chi connectivity index (χ2v) is 8.18. The third-order valence-corrected chi connectivity index (χ3v) is 5.91. The van der Waals surface area contributed by atoms with Crippen LogP contribution in [0, 0.1) is 0 Å². The lowest BCUT2D eigenvalue weighted by atomic mass is 9.93. The molecule has 1 N–H and O–H groups in total. The highest BCUT2D eigenvalue weighted by molar-refractivity contribution is 6.14. The normalized spacial score (nSPS) is 20.0. The third kappa shape index (κ3) is 3.35. The number of anilines is 2. The molecule has 0 saturated heterocycles. The summed E-state index contributed by atoms with van der Waals surface area (Å²) in [5, 5.41) is 2.87. The molecule has 2 aliphatic rings. The fourth-order valence-corrected chi connectivity index (χ4v) is 4.25. The lowest BCUT2D eigenvalue weighted by Crippen LogP contribution is -2.61. The van der Waals surface area contributed by atoms with E-state index in [0.29, 0.717) is 24.3 Å². The molecule has 1 atom stereocenters. The van der Waals surface area contributed by atoms with Crippen LogP contribution in [0.4, 0.5) is 11.4 Å². The van der Waals surface area contributed by atoms with Gasteiger partial charge in [0.15, 0.2) is 0 Å². The van der Waals surface area contributed by atoms with E-state index < -0.39 is 11.6 Å². The Balaban J connectivity index is 1.66. The first-order chi connectivity index (χ1) is 14.3. The second-order valence-electron chi connectivity index (χ2n) is 8.18. The molecule has 2 heterocycles. The predicted octanol–water partition coefficient (Wildman–Crippen LogP) is 2.35. The van der Waals surface area contributed by atoms with Crippen LogP contribution in [0.1, 0.15) is 25.0 Å². The monoisotopic (exact) mass is 407 g/mol. The van der Waals surface area contributed by atoms with E-state index in [1.807, 2.05) is 47.4 Å². The van der Waals surface area contributed by atoms with Crippen molar-refractivity contribution in [3.8, 4) is 0 Å². The molecule has 156 valence electrons. The first kappa shape index (κ1) is 20.1. The molecule has 2 aromatic rings. The van der Waals surface area contributed by atoms with Crippen LogP contribution in [-0.4, -0.2) is 47.9 Å². The van der Waals surface area contributed by atoms with Crippen molar-refractivity contribution in [1.29, 1.82) is 0 Å². The minimum absolute atomic E-state index is 0.000848. The fraction of sp³-hybridized carbons (Fsp3) is 0.348. The molecule has 0 radical (unpaired) electrons. The first-order valence-electron chi connectivity index (χ1n) is 9.95. The van der Waals surface area contributed by atoms with E-state index in [0.717, 1.165) is 11.1 Å². The van der Waals surface area contributed by atoms with Crippen molar-refractivity contribution in [2.75, 3.05) is 23.9 Å². The average molecular weight is 407 g/mol. The number of rotatable bonds is 3. The van der Waals surface area contributed by atoms with Crippen molar-refractivity contribution >= 4 is 29.2 Å². The molecule has 2 aliphatic heterocycles. The van der Waals surface area contributed by atoms with Crippen LogP contribution in [-0.2, 0) is 32.1 Å². The number of nitrogens with zero attached hydrogens (tertiary/aromatic N) is 2. The van der Waals surface area contributed by atoms with Crippen LogP contribution in [0.3, 0.4) is 0 Å². The van der Waals surface area contributed by atoms with Gasteiger partial charge >= 0.3 is 5.97 Å². The molecule has 0 fully saturated rings. The lowest BCUT2D eigenvalue weighted by molar-refractivity contribution is -0.148. The Hall–Kier alpha value is -3.19. The van der Waals surface area contributed by atoms with Crippen LogP contribution < -0.4 is 10.2 Å². The Kier molecular flexibility index (Phi) is 5.07. The van der Waals surface area contributed by atoms with E-state index in [4.69, 9.17) is 4.74 Å². The van der Waals surface area contributed by atoms with E-state index in [1.54, 1.807) is 19.9 Å². The predicted molar refractivity (Wildman–Crippen MR) is 113 cm³/mol. The molecule has 7 nitrogen and oxygen atoms in total. The van der Waals surface area contributed by atoms with Gasteiger partial charge in [-0.25, -0.2) is 0 Å². The maximum absolute atomic E-state index is 13.5. The van der Waals surface area contributed by atoms with Gasteiger partial charge in [-0.2, -0.15) is 0 Å². The van der Waals surface area contributed by atoms with Crippen molar-refractivity contribution in [2.24, 2.45) is 0 Å². The van der Waals surface area contributed by atoms with E-state index in [2.05, 4.69) is 5.32 Å². The summed E-state index contributed by atoms with van der Waals surface area (Å²) in [6.45, 7) is 3.90. The maximum Gasteiger partial charge on any atom is 0.323 e. The molecule has 2 amide bonds. The molecular weight excluding hydrogens is 382 g/mol. The Morgan fingerprint density at radius 2 is 1.77 bits per heavy atom. The van der Waals surface area contributed by atoms with Crippen LogP contribution in [0.5, 0.6) is 0 Å². The highest BCUT2D eigenvalue weighted by Gasteiger charge is 2.44. The molecule has 0 aliphatic carbocycles. The van der Waals surface area contributed by atoms with Crippen molar-refractivity contribution in [3.63, 3.8) is 0 Å². The van der Waals surface area contributed by atoms with Crippen molar-refractivity contribution in [1.82, 2.24) is 4.90 Å². The number of para-hydroxylation sites is 2. The number of nitrogens with one attached hydrogen (secondary N) is 1. The summed E-state index contributed by atoms with van der Waals surface area (Å²) in [5.41, 5.74) is 2.36. The number of ether oxygens (including phenoxy) is 1. The quantitative estimate of drug-likeness (QED) is 0.791. The lowest BCUT2D eigenvalue weighted by Gasteiger charge is -2.43. The number of amides is 2. The van der Waals surface area contributed by atoms with Gasteiger partial charge in [-0.3, -0.25) is 24.2 Å². The molecule has 0 unspecified atom stereocenters. The topological polar surface area (TPSA) is 79.0 Å². The van der Waals surface area contributed by atoms with E-state index in [9.17, 15) is 14.4 Å². The fourth-order valence-electron chi connectivity index (χ4n) is 4.25. The van der Waals surface area contributed by atoms with Crippen molar-refractivity contribution in [3.05, 3.63) is 59.7 Å². The van der Waals surface area contributed by atoms with Gasteiger partial charge in [0.25, 0.3) is 0 Å². The average Bonchev–Trinajstić information content (AvgIpc) is 2.73. The number of fused-ring (bicyclic) bond motifs is 2. The third-order valence-electron chi connectivity index (χ3n) is 5.91. The SMILES string of the molecule is COC(=O)[C@@H]1Cc2ccccc2CN1CC(=O)N1c2ccccc2NC(=O)C1(C)C. The zero-order valence-electron chi connectivity index (χ0n) is 17.3. The molecule has 0 bridgehead atoms. The summed E-state index contributed by atoms with van der Waals surface area (Å²) in [4.78, 5) is 42.0. The van der Waals surface area contributed by atoms with E-state index in [-0.39, 0.29) is 24.3 Å². The molecule has 0 saturated carbocycles. The van der Waals surface area contributed by atoms with Crippen LogP contribution in [0.15, 0.2) is 48.5 Å². The zero-order chi connectivity index (χ0) is 21.5. The minimum Gasteiger partial charge on any atom is -0.468 e. The van der Waals surface area contributed by atoms with Gasteiger partial charge in [0, 0.05) is 6.54 Å². The molecule has 4 rings (SSSR count). The number of hydrogen-bond acceptors (Lipinski definition) is 5. The molecule has 7 heteroatoms. The Morgan fingerprint density at radius 1 is 1.10 bits per heavy atom. The molecular formula is C23H25N3O4. The molecule has 30 heavy (non-hydrogen) atoms. The van der Waals surface area contributed by atoms with Crippen LogP contribution >= 0.6 is 0 Å². The van der Waals surface area contributed by atoms with Gasteiger partial charge in [0.2, 0.25) is 11.8 Å². The van der Waals surface area contributed by atoms with Gasteiger partial charge in [0.05, 0.1) is 25.0 Å². The molecule has 2 aromatic carbocycles. The molecule has 0 aromatic heterocycles. The number of methoxy groups -OCH3 is 1. The standard InChI is InChI=1S/C23H25N3O4/c1-23(2)22(29)24-17-10-6-7-11-18(17)26(23)20(27)14-25-13-16-9-5-4-8-15(16)12-19(25)21(28)30-3/h4-11,19H,12-14H2,1-3H3,(H,24,29)/t19-/m0/s1. The maximum atomic E-state index is 13.5. The Bertz CT molecular complexity index is 1020. The first-order valence-corrected chi connectivity index (χ1v) is 9.95. The number of carbonyl (C=O) groups is 3. The highest BCUT2D eigenvalue weighted by atomic mass is 16.5. The van der Waals surface area contributed by atoms with E-state index >= 15 is 0 Å².